The van der Waals surface area contributed by atoms with Gasteiger partial charge in [-0.1, -0.05) is 43.5 Å². The summed E-state index contributed by atoms with van der Waals surface area (Å²) >= 11 is 0. The van der Waals surface area contributed by atoms with E-state index in [0.29, 0.717) is 12.0 Å². The number of hydrogen-bond acceptors (Lipinski definition) is 3. The third-order valence-electron chi connectivity index (χ3n) is 4.38. The first kappa shape index (κ1) is 21.2. The second-order valence-electron chi connectivity index (χ2n) is 6.32. The van der Waals surface area contributed by atoms with Crippen LogP contribution in [0.2, 0.25) is 0 Å². The molecule has 1 rings (SSSR count). The predicted molar refractivity (Wildman–Crippen MR) is 107 cm³/mol. The molecule has 5 heteroatoms. The Hall–Kier alpha value is -2.84. The van der Waals surface area contributed by atoms with E-state index in [1.165, 1.54) is 4.90 Å². The highest BCUT2D eigenvalue weighted by Gasteiger charge is 2.16. The highest BCUT2D eigenvalue weighted by Crippen LogP contribution is 2.23. The van der Waals surface area contributed by atoms with Crippen molar-refractivity contribution in [2.24, 2.45) is 0 Å². The third kappa shape index (κ3) is 5.08. The molecule has 0 radical (unpaired) electrons. The normalized spacial score (nSPS) is 12.5. The van der Waals surface area contributed by atoms with E-state index in [1.54, 1.807) is 32.1 Å². The summed E-state index contributed by atoms with van der Waals surface area (Å²) in [6.45, 7) is 9.59. The molecule has 1 aromatic rings. The molecule has 1 aromatic carbocycles. The summed E-state index contributed by atoms with van der Waals surface area (Å²) in [6.07, 6.45) is 2.45. The minimum atomic E-state index is -0.0923. The van der Waals surface area contributed by atoms with Crippen molar-refractivity contribution in [2.75, 3.05) is 28.2 Å². The van der Waals surface area contributed by atoms with Crippen molar-refractivity contribution in [1.82, 2.24) is 15.1 Å². The Morgan fingerprint density at radius 1 is 1.31 bits per heavy atom. The van der Waals surface area contributed by atoms with Crippen LogP contribution in [-0.2, 0) is 6.42 Å². The van der Waals surface area contributed by atoms with Gasteiger partial charge in [-0.15, -0.1) is 0 Å². The highest BCUT2D eigenvalue weighted by atomic mass is 16.2. The number of nitriles is 1. The monoisotopic (exact) mass is 352 g/mol. The van der Waals surface area contributed by atoms with Gasteiger partial charge in [-0.05, 0) is 31.5 Å². The van der Waals surface area contributed by atoms with Crippen LogP contribution in [0.15, 0.2) is 54.8 Å². The zero-order chi connectivity index (χ0) is 19.9. The first-order chi connectivity index (χ1) is 12.3. The summed E-state index contributed by atoms with van der Waals surface area (Å²) in [5.41, 5.74) is 4.34. The number of carbonyl (C=O) groups is 1. The maximum absolute atomic E-state index is 12.2. The molecule has 0 saturated heterocycles. The predicted octanol–water partition coefficient (Wildman–Crippen LogP) is 3.43. The van der Waals surface area contributed by atoms with Gasteiger partial charge < -0.3 is 15.1 Å². The van der Waals surface area contributed by atoms with E-state index in [2.05, 4.69) is 24.5 Å². The molecule has 0 spiro atoms. The molecule has 26 heavy (non-hydrogen) atoms. The number of rotatable bonds is 7. The second kappa shape index (κ2) is 9.59. The van der Waals surface area contributed by atoms with E-state index >= 15 is 0 Å². The number of hydrogen-bond donors (Lipinski definition) is 1. The zero-order valence-electron chi connectivity index (χ0n) is 16.3. The summed E-state index contributed by atoms with van der Waals surface area (Å²) in [7, 11) is 7.02. The average molecular weight is 352 g/mol. The average Bonchev–Trinajstić information content (AvgIpc) is 2.65. The Balaban J connectivity index is 3.10. The van der Waals surface area contributed by atoms with Gasteiger partial charge in [0.05, 0.1) is 6.07 Å². The van der Waals surface area contributed by atoms with Crippen LogP contribution in [0.3, 0.4) is 0 Å². The van der Waals surface area contributed by atoms with Gasteiger partial charge >= 0.3 is 6.03 Å². The van der Waals surface area contributed by atoms with Crippen LogP contribution in [0.1, 0.15) is 18.1 Å². The molecule has 1 N–H and O–H groups in total. The van der Waals surface area contributed by atoms with Gasteiger partial charge in [0.1, 0.15) is 0 Å². The first-order valence-electron chi connectivity index (χ1n) is 8.40. The van der Waals surface area contributed by atoms with E-state index in [4.69, 9.17) is 5.26 Å². The van der Waals surface area contributed by atoms with Crippen LogP contribution in [0, 0.1) is 11.3 Å². The fourth-order valence-corrected chi connectivity index (χ4v) is 2.63. The standard InChI is InChI=1S/C21H28N4O/c1-8-19(16(3)25(7)21(26)24(5)6)18-11-9-17(10-12-18)13-20(23-4)15(2)14-22/h8-12,20,23H,1-2,13H2,3-7H3/b19-16+. The molecular formula is C21H28N4O. The van der Waals surface area contributed by atoms with Crippen LogP contribution < -0.4 is 5.32 Å². The molecule has 0 fully saturated rings. The molecule has 0 bridgehead atoms. The number of allylic oxidation sites excluding steroid dienone is 3. The van der Waals surface area contributed by atoms with Crippen LogP contribution in [0.5, 0.6) is 0 Å². The largest absolute Gasteiger partial charge is 0.330 e. The smallest absolute Gasteiger partial charge is 0.323 e. The molecule has 0 saturated carbocycles. The lowest BCUT2D eigenvalue weighted by Gasteiger charge is -2.24. The van der Waals surface area contributed by atoms with E-state index in [9.17, 15) is 4.79 Å². The Kier molecular flexibility index (Phi) is 7.82. The van der Waals surface area contributed by atoms with Crippen molar-refractivity contribution in [2.45, 2.75) is 19.4 Å². The molecule has 0 heterocycles. The van der Waals surface area contributed by atoms with Crippen molar-refractivity contribution < 1.29 is 4.79 Å². The highest BCUT2D eigenvalue weighted by molar-refractivity contribution is 5.82. The summed E-state index contributed by atoms with van der Waals surface area (Å²) in [5, 5.41) is 12.1. The maximum Gasteiger partial charge on any atom is 0.323 e. The number of likely N-dealkylation sites (N-methyl/N-ethyl adjacent to an activating group) is 1. The van der Waals surface area contributed by atoms with Crippen molar-refractivity contribution in [1.29, 1.82) is 5.26 Å². The SMILES string of the molecule is C=C/C(=C(/C)N(C)C(=O)N(C)C)c1ccc(CC(NC)C(=C)C#N)cc1. The number of urea groups is 1. The van der Waals surface area contributed by atoms with Crippen LogP contribution in [0.4, 0.5) is 4.79 Å². The molecule has 5 nitrogen and oxygen atoms in total. The number of benzene rings is 1. The van der Waals surface area contributed by atoms with Crippen molar-refractivity contribution in [3.05, 3.63) is 65.9 Å². The molecule has 0 aromatic heterocycles. The van der Waals surface area contributed by atoms with Crippen LogP contribution in [-0.4, -0.2) is 50.1 Å². The fourth-order valence-electron chi connectivity index (χ4n) is 2.63. The lowest BCUT2D eigenvalue weighted by Crippen LogP contribution is -2.35. The number of amides is 2. The lowest BCUT2D eigenvalue weighted by molar-refractivity contribution is 0.193. The molecular weight excluding hydrogens is 324 g/mol. The van der Waals surface area contributed by atoms with Crippen LogP contribution >= 0.6 is 0 Å². The molecule has 0 aliphatic carbocycles. The minimum Gasteiger partial charge on any atom is -0.330 e. The summed E-state index contributed by atoms with van der Waals surface area (Å²) in [6, 6.07) is 9.99. The third-order valence-corrected chi connectivity index (χ3v) is 4.38. The summed E-state index contributed by atoms with van der Waals surface area (Å²) < 4.78 is 0. The Bertz CT molecular complexity index is 738. The molecule has 1 atom stereocenters. The van der Waals surface area contributed by atoms with Gasteiger partial charge in [0.2, 0.25) is 0 Å². The van der Waals surface area contributed by atoms with Gasteiger partial charge in [-0.3, -0.25) is 0 Å². The number of nitrogens with one attached hydrogen (secondary N) is 1. The lowest BCUT2D eigenvalue weighted by atomic mass is 9.97. The van der Waals surface area contributed by atoms with E-state index in [-0.39, 0.29) is 12.1 Å². The minimum absolute atomic E-state index is 0.0779. The van der Waals surface area contributed by atoms with Gasteiger partial charge in [0, 0.05) is 44.0 Å². The first-order valence-corrected chi connectivity index (χ1v) is 8.40. The van der Waals surface area contributed by atoms with Gasteiger partial charge in [-0.2, -0.15) is 5.26 Å². The second-order valence-corrected chi connectivity index (χ2v) is 6.32. The quantitative estimate of drug-likeness (QED) is 0.604. The van der Waals surface area contributed by atoms with Crippen LogP contribution in [0.25, 0.3) is 5.57 Å². The molecule has 1 unspecified atom stereocenters. The van der Waals surface area contributed by atoms with Crippen molar-refractivity contribution in [3.63, 3.8) is 0 Å². The number of nitrogens with zero attached hydrogens (tertiary/aromatic N) is 3. The fraction of sp³-hybridized carbons (Fsp3) is 0.333. The zero-order valence-corrected chi connectivity index (χ0v) is 16.3. The van der Waals surface area contributed by atoms with Gasteiger partial charge in [-0.25, -0.2) is 4.79 Å². The Morgan fingerprint density at radius 3 is 2.31 bits per heavy atom. The molecule has 0 aliphatic rings. The summed E-state index contributed by atoms with van der Waals surface area (Å²) in [4.78, 5) is 15.3. The summed E-state index contributed by atoms with van der Waals surface area (Å²) in [5.74, 6) is 0. The molecule has 0 aliphatic heterocycles. The molecule has 138 valence electrons. The number of carbonyl (C=O) groups excluding carboxylic acids is 1. The van der Waals surface area contributed by atoms with E-state index in [0.717, 1.165) is 22.4 Å². The Morgan fingerprint density at radius 2 is 1.88 bits per heavy atom. The van der Waals surface area contributed by atoms with E-state index in [1.807, 2.05) is 38.2 Å². The molecule has 2 amide bonds. The van der Waals surface area contributed by atoms with Gasteiger partial charge in [0.25, 0.3) is 0 Å². The van der Waals surface area contributed by atoms with Crippen molar-refractivity contribution >= 4 is 11.6 Å². The maximum atomic E-state index is 12.2. The van der Waals surface area contributed by atoms with Crippen molar-refractivity contribution in [3.8, 4) is 6.07 Å². The topological polar surface area (TPSA) is 59.4 Å². The van der Waals surface area contributed by atoms with Gasteiger partial charge in [0.15, 0.2) is 0 Å². The Labute approximate surface area is 156 Å². The van der Waals surface area contributed by atoms with E-state index < -0.39 is 0 Å².